The molecule has 0 aliphatic heterocycles. The molecule has 176 valence electrons. The molecular weight excluding hydrogens is 402 g/mol. The number of benzene rings is 2. The number of rotatable bonds is 12. The largest absolute Gasteiger partial charge is 0.490 e. The molecule has 0 heterocycles. The summed E-state index contributed by atoms with van der Waals surface area (Å²) in [6.07, 6.45) is 13.2. The second-order valence-corrected chi connectivity index (χ2v) is 9.50. The smallest absolute Gasteiger partial charge is 0.165 e. The van der Waals surface area contributed by atoms with E-state index in [0.717, 1.165) is 48.3 Å². The Bertz CT molecular complexity index is 824. The molecule has 3 rings (SSSR count). The Labute approximate surface area is 193 Å². The van der Waals surface area contributed by atoms with Crippen molar-refractivity contribution in [3.63, 3.8) is 0 Å². The zero-order valence-corrected chi connectivity index (χ0v) is 20.0. The number of para-hydroxylation sites is 1. The first-order valence-corrected chi connectivity index (χ1v) is 12.8. The molecule has 0 radical (unpaired) electrons. The lowest BCUT2D eigenvalue weighted by Crippen LogP contribution is -2.14. The Morgan fingerprint density at radius 1 is 0.844 bits per heavy atom. The highest BCUT2D eigenvalue weighted by Crippen LogP contribution is 2.39. The van der Waals surface area contributed by atoms with Crippen molar-refractivity contribution in [1.29, 1.82) is 0 Å². The molecule has 0 bridgehead atoms. The Hall–Kier alpha value is -1.90. The Morgan fingerprint density at radius 2 is 1.62 bits per heavy atom. The lowest BCUT2D eigenvalue weighted by atomic mass is 9.76. The predicted molar refractivity (Wildman–Crippen MR) is 129 cm³/mol. The maximum Gasteiger partial charge on any atom is 0.165 e. The Kier molecular flexibility index (Phi) is 10.0. The van der Waals surface area contributed by atoms with E-state index in [1.165, 1.54) is 44.6 Å². The zero-order chi connectivity index (χ0) is 22.8. The van der Waals surface area contributed by atoms with Crippen LogP contribution in [0.3, 0.4) is 0 Å². The maximum absolute atomic E-state index is 15.0. The van der Waals surface area contributed by atoms with Crippen molar-refractivity contribution in [2.75, 3.05) is 6.61 Å². The van der Waals surface area contributed by atoms with Crippen LogP contribution in [0.2, 0.25) is 0 Å². The van der Waals surface area contributed by atoms with Gasteiger partial charge in [0.25, 0.3) is 0 Å². The van der Waals surface area contributed by atoms with Gasteiger partial charge < -0.3 is 4.74 Å². The fourth-order valence-electron chi connectivity index (χ4n) is 5.01. The topological polar surface area (TPSA) is 9.23 Å². The Balaban J connectivity index is 1.56. The molecule has 1 aliphatic rings. The summed E-state index contributed by atoms with van der Waals surface area (Å²) in [7, 11) is 0. The second-order valence-electron chi connectivity index (χ2n) is 9.50. The first kappa shape index (κ1) is 24.7. The van der Waals surface area contributed by atoms with Crippen molar-refractivity contribution in [3.8, 4) is 5.75 Å². The number of unbranched alkanes of at least 4 members (excludes halogenated alkanes) is 3. The van der Waals surface area contributed by atoms with Gasteiger partial charge in [-0.15, -0.1) is 0 Å². The van der Waals surface area contributed by atoms with E-state index in [1.807, 2.05) is 12.1 Å². The molecule has 0 atom stereocenters. The van der Waals surface area contributed by atoms with E-state index < -0.39 is 0 Å². The summed E-state index contributed by atoms with van der Waals surface area (Å²) in [6.45, 7) is 4.86. The average Bonchev–Trinajstić information content (AvgIpc) is 2.80. The third-order valence-corrected chi connectivity index (χ3v) is 7.04. The highest BCUT2D eigenvalue weighted by Gasteiger charge is 2.24. The summed E-state index contributed by atoms with van der Waals surface area (Å²) in [5, 5.41) is 0. The van der Waals surface area contributed by atoms with Gasteiger partial charge in [0.1, 0.15) is 5.82 Å². The summed E-state index contributed by atoms with van der Waals surface area (Å²) in [5.41, 5.74) is 2.70. The van der Waals surface area contributed by atoms with E-state index in [0.29, 0.717) is 31.1 Å². The normalized spacial score (nSPS) is 18.6. The standard InChI is InChI=1S/C29H40F2O/c1-3-5-7-9-22-12-16-24(17-13-22)26-19-15-23(21-28(26)31)14-18-25-10-8-11-27(30)29(25)32-20-6-4-2/h8,10-11,15,19,21-22,24H,3-7,9,12-14,16-18,20H2,1-2H3. The van der Waals surface area contributed by atoms with Crippen molar-refractivity contribution in [2.24, 2.45) is 5.92 Å². The third kappa shape index (κ3) is 7.05. The van der Waals surface area contributed by atoms with E-state index in [1.54, 1.807) is 12.1 Å². The van der Waals surface area contributed by atoms with E-state index in [4.69, 9.17) is 4.74 Å². The molecule has 0 amide bonds. The van der Waals surface area contributed by atoms with E-state index >= 15 is 0 Å². The minimum atomic E-state index is -0.314. The first-order chi connectivity index (χ1) is 15.6. The fourth-order valence-corrected chi connectivity index (χ4v) is 5.01. The molecule has 1 nitrogen and oxygen atoms in total. The number of hydrogen-bond acceptors (Lipinski definition) is 1. The first-order valence-electron chi connectivity index (χ1n) is 12.8. The Morgan fingerprint density at radius 3 is 2.34 bits per heavy atom. The maximum atomic E-state index is 15.0. The summed E-state index contributed by atoms with van der Waals surface area (Å²) in [5.74, 6) is 1.16. The van der Waals surface area contributed by atoms with Crippen molar-refractivity contribution in [3.05, 3.63) is 64.7 Å². The van der Waals surface area contributed by atoms with Gasteiger partial charge in [-0.25, -0.2) is 8.78 Å². The molecule has 0 N–H and O–H groups in total. The van der Waals surface area contributed by atoms with Crippen LogP contribution >= 0.6 is 0 Å². The van der Waals surface area contributed by atoms with Gasteiger partial charge in [0.15, 0.2) is 11.6 Å². The van der Waals surface area contributed by atoms with Crippen LogP contribution in [0.1, 0.15) is 101 Å². The second kappa shape index (κ2) is 13.0. The molecule has 2 aromatic carbocycles. The van der Waals surface area contributed by atoms with Crippen molar-refractivity contribution in [2.45, 2.75) is 96.8 Å². The highest BCUT2D eigenvalue weighted by atomic mass is 19.1. The number of ether oxygens (including phenoxy) is 1. The quantitative estimate of drug-likeness (QED) is 0.298. The summed E-state index contributed by atoms with van der Waals surface area (Å²) < 4.78 is 34.9. The molecule has 1 fully saturated rings. The number of aryl methyl sites for hydroxylation is 2. The number of halogens is 2. The van der Waals surface area contributed by atoms with E-state index in [9.17, 15) is 8.78 Å². The van der Waals surface area contributed by atoms with Crippen LogP contribution in [-0.4, -0.2) is 6.61 Å². The lowest BCUT2D eigenvalue weighted by Gasteiger charge is -2.29. The molecule has 0 unspecified atom stereocenters. The molecule has 0 aromatic heterocycles. The van der Waals surface area contributed by atoms with Crippen molar-refractivity contribution in [1.82, 2.24) is 0 Å². The van der Waals surface area contributed by atoms with Gasteiger partial charge in [-0.2, -0.15) is 0 Å². The summed E-state index contributed by atoms with van der Waals surface area (Å²) in [4.78, 5) is 0. The minimum absolute atomic E-state index is 0.0735. The predicted octanol–water partition coefficient (Wildman–Crippen LogP) is 8.78. The van der Waals surface area contributed by atoms with Crippen LogP contribution in [0.25, 0.3) is 0 Å². The van der Waals surface area contributed by atoms with Crippen LogP contribution in [0.15, 0.2) is 36.4 Å². The third-order valence-electron chi connectivity index (χ3n) is 7.04. The average molecular weight is 443 g/mol. The van der Waals surface area contributed by atoms with Crippen LogP contribution in [0.5, 0.6) is 5.75 Å². The van der Waals surface area contributed by atoms with Crippen LogP contribution in [0, 0.1) is 17.6 Å². The van der Waals surface area contributed by atoms with E-state index in [-0.39, 0.29) is 11.6 Å². The highest BCUT2D eigenvalue weighted by molar-refractivity contribution is 5.36. The zero-order valence-electron chi connectivity index (χ0n) is 20.0. The number of hydrogen-bond donors (Lipinski definition) is 0. The van der Waals surface area contributed by atoms with Gasteiger partial charge in [-0.05, 0) is 85.6 Å². The minimum Gasteiger partial charge on any atom is -0.490 e. The van der Waals surface area contributed by atoms with Gasteiger partial charge in [-0.3, -0.25) is 0 Å². The van der Waals surface area contributed by atoms with E-state index in [2.05, 4.69) is 19.9 Å². The molecule has 0 spiro atoms. The SMILES string of the molecule is CCCCCC1CCC(c2ccc(CCc3cccc(F)c3OCCCC)cc2F)CC1. The monoisotopic (exact) mass is 442 g/mol. The van der Waals surface area contributed by atoms with Gasteiger partial charge in [0, 0.05) is 0 Å². The molecule has 32 heavy (non-hydrogen) atoms. The molecular formula is C29H40F2O. The summed E-state index contributed by atoms with van der Waals surface area (Å²) in [6, 6.07) is 10.8. The summed E-state index contributed by atoms with van der Waals surface area (Å²) >= 11 is 0. The van der Waals surface area contributed by atoms with Crippen LogP contribution < -0.4 is 4.74 Å². The fraction of sp³-hybridized carbons (Fsp3) is 0.586. The molecule has 1 saturated carbocycles. The molecule has 0 saturated heterocycles. The van der Waals surface area contributed by atoms with Gasteiger partial charge in [-0.1, -0.05) is 70.2 Å². The van der Waals surface area contributed by atoms with Crippen molar-refractivity contribution >= 4 is 0 Å². The van der Waals surface area contributed by atoms with Crippen LogP contribution in [-0.2, 0) is 12.8 Å². The van der Waals surface area contributed by atoms with Gasteiger partial charge >= 0.3 is 0 Å². The van der Waals surface area contributed by atoms with Crippen molar-refractivity contribution < 1.29 is 13.5 Å². The van der Waals surface area contributed by atoms with Gasteiger partial charge in [0.05, 0.1) is 6.61 Å². The van der Waals surface area contributed by atoms with Crippen LogP contribution in [0.4, 0.5) is 8.78 Å². The molecule has 1 aliphatic carbocycles. The van der Waals surface area contributed by atoms with Gasteiger partial charge in [0.2, 0.25) is 0 Å². The molecule has 3 heteroatoms. The lowest BCUT2D eigenvalue weighted by molar-refractivity contribution is 0.291. The molecule has 2 aromatic rings.